The van der Waals surface area contributed by atoms with Gasteiger partial charge in [0.1, 0.15) is 11.5 Å². The summed E-state index contributed by atoms with van der Waals surface area (Å²) in [5, 5.41) is 18.6. The van der Waals surface area contributed by atoms with Gasteiger partial charge in [-0.25, -0.2) is 0 Å². The molecule has 0 unspecified atom stereocenters. The van der Waals surface area contributed by atoms with Gasteiger partial charge in [-0.1, -0.05) is 19.9 Å². The molecule has 1 heterocycles. The number of guanidine groups is 1. The van der Waals surface area contributed by atoms with Crippen molar-refractivity contribution < 1.29 is 9.84 Å². The summed E-state index contributed by atoms with van der Waals surface area (Å²) >= 11 is 1.76. The lowest BCUT2D eigenvalue weighted by atomic mass is 9.91. The molecule has 130 valence electrons. The molecule has 0 aliphatic carbocycles. The number of rotatable bonds is 6. The fraction of sp³-hybridized carbons (Fsp3) is 0.389. The standard InChI is InChI=1S/C18H25N3O2S/c1-18(2,16-6-5-9-24-16)12-21-17(19-3)20-11-13-10-14(23-4)7-8-15(13)22/h5-10,22H,11-12H2,1-4H3,(H2,19,20,21). The summed E-state index contributed by atoms with van der Waals surface area (Å²) in [5.41, 5.74) is 0.777. The maximum atomic E-state index is 9.95. The van der Waals surface area contributed by atoms with Crippen LogP contribution in [-0.4, -0.2) is 31.8 Å². The molecule has 0 bridgehead atoms. The van der Waals surface area contributed by atoms with Gasteiger partial charge in [0, 0.05) is 36.0 Å². The number of hydrogen-bond acceptors (Lipinski definition) is 4. The van der Waals surface area contributed by atoms with E-state index < -0.39 is 0 Å². The lowest BCUT2D eigenvalue weighted by Gasteiger charge is -2.25. The van der Waals surface area contributed by atoms with Gasteiger partial charge in [-0.15, -0.1) is 11.3 Å². The summed E-state index contributed by atoms with van der Waals surface area (Å²) in [6.45, 7) is 5.62. The number of methoxy groups -OCH3 is 1. The van der Waals surface area contributed by atoms with Crippen LogP contribution in [0.2, 0.25) is 0 Å². The van der Waals surface area contributed by atoms with Crippen LogP contribution >= 0.6 is 11.3 Å². The first kappa shape index (κ1) is 18.1. The second-order valence-corrected chi connectivity index (χ2v) is 7.08. The topological polar surface area (TPSA) is 65.9 Å². The Morgan fingerprint density at radius 3 is 2.71 bits per heavy atom. The number of benzene rings is 1. The van der Waals surface area contributed by atoms with E-state index in [0.29, 0.717) is 18.3 Å². The van der Waals surface area contributed by atoms with Crippen molar-refractivity contribution in [2.24, 2.45) is 4.99 Å². The van der Waals surface area contributed by atoms with Crippen LogP contribution in [0, 0.1) is 0 Å². The van der Waals surface area contributed by atoms with Crippen LogP contribution in [0.3, 0.4) is 0 Å². The van der Waals surface area contributed by atoms with Crippen molar-refractivity contribution in [1.82, 2.24) is 10.6 Å². The Kier molecular flexibility index (Phi) is 6.09. The highest BCUT2D eigenvalue weighted by Gasteiger charge is 2.21. The maximum absolute atomic E-state index is 9.95. The summed E-state index contributed by atoms with van der Waals surface area (Å²) in [6.07, 6.45) is 0. The minimum atomic E-state index is 0.0178. The molecule has 0 saturated carbocycles. The van der Waals surface area contributed by atoms with E-state index in [-0.39, 0.29) is 11.2 Å². The number of nitrogens with zero attached hydrogens (tertiary/aromatic N) is 1. The molecule has 1 aromatic heterocycles. The number of phenols is 1. The number of nitrogens with one attached hydrogen (secondary N) is 2. The van der Waals surface area contributed by atoms with Gasteiger partial charge in [0.15, 0.2) is 5.96 Å². The predicted octanol–water partition coefficient (Wildman–Crippen LogP) is 3.11. The van der Waals surface area contributed by atoms with E-state index in [1.165, 1.54) is 4.88 Å². The van der Waals surface area contributed by atoms with E-state index in [0.717, 1.165) is 12.1 Å². The molecule has 2 aromatic rings. The Morgan fingerprint density at radius 1 is 1.29 bits per heavy atom. The molecule has 0 saturated heterocycles. The average molecular weight is 347 g/mol. The molecule has 5 nitrogen and oxygen atoms in total. The van der Waals surface area contributed by atoms with Crippen LogP contribution in [0.25, 0.3) is 0 Å². The third-order valence-corrected chi connectivity index (χ3v) is 5.08. The second kappa shape index (κ2) is 8.06. The summed E-state index contributed by atoms with van der Waals surface area (Å²) in [6, 6.07) is 9.39. The number of aliphatic imine (C=N–C) groups is 1. The molecule has 0 fully saturated rings. The lowest BCUT2D eigenvalue weighted by Crippen LogP contribution is -2.42. The van der Waals surface area contributed by atoms with Gasteiger partial charge in [-0.3, -0.25) is 4.99 Å². The zero-order valence-corrected chi connectivity index (χ0v) is 15.4. The van der Waals surface area contributed by atoms with Crippen LogP contribution in [0.4, 0.5) is 0 Å². The van der Waals surface area contributed by atoms with E-state index in [1.54, 1.807) is 37.6 Å². The fourth-order valence-electron chi connectivity index (χ4n) is 2.29. The second-order valence-electron chi connectivity index (χ2n) is 6.14. The summed E-state index contributed by atoms with van der Waals surface area (Å²) in [7, 11) is 3.34. The van der Waals surface area contributed by atoms with Crippen molar-refractivity contribution in [3.8, 4) is 11.5 Å². The van der Waals surface area contributed by atoms with Gasteiger partial charge in [-0.2, -0.15) is 0 Å². The number of aromatic hydroxyl groups is 1. The molecule has 6 heteroatoms. The zero-order valence-electron chi connectivity index (χ0n) is 14.6. The van der Waals surface area contributed by atoms with Crippen LogP contribution in [0.1, 0.15) is 24.3 Å². The maximum Gasteiger partial charge on any atom is 0.191 e. The largest absolute Gasteiger partial charge is 0.508 e. The van der Waals surface area contributed by atoms with E-state index in [2.05, 4.69) is 47.0 Å². The smallest absolute Gasteiger partial charge is 0.191 e. The number of hydrogen-bond donors (Lipinski definition) is 3. The quantitative estimate of drug-likeness (QED) is 0.555. The van der Waals surface area contributed by atoms with Gasteiger partial charge in [0.25, 0.3) is 0 Å². The zero-order chi connectivity index (χ0) is 17.6. The molecule has 1 aromatic carbocycles. The molecule has 0 amide bonds. The molecule has 3 N–H and O–H groups in total. The SMILES string of the molecule is CN=C(NCc1cc(OC)ccc1O)NCC(C)(C)c1cccs1. The van der Waals surface area contributed by atoms with Crippen molar-refractivity contribution in [2.75, 3.05) is 20.7 Å². The first-order valence-electron chi connectivity index (χ1n) is 7.80. The van der Waals surface area contributed by atoms with Crippen LogP contribution in [-0.2, 0) is 12.0 Å². The number of phenolic OH excluding ortho intramolecular Hbond substituents is 1. The van der Waals surface area contributed by atoms with Crippen molar-refractivity contribution >= 4 is 17.3 Å². The third-order valence-electron chi connectivity index (χ3n) is 3.84. The minimum Gasteiger partial charge on any atom is -0.508 e. The van der Waals surface area contributed by atoms with Gasteiger partial charge >= 0.3 is 0 Å². The van der Waals surface area contributed by atoms with Crippen LogP contribution < -0.4 is 15.4 Å². The van der Waals surface area contributed by atoms with Gasteiger partial charge in [0.2, 0.25) is 0 Å². The van der Waals surface area contributed by atoms with Gasteiger partial charge in [0.05, 0.1) is 7.11 Å². The van der Waals surface area contributed by atoms with Crippen molar-refractivity contribution in [1.29, 1.82) is 0 Å². The lowest BCUT2D eigenvalue weighted by molar-refractivity contribution is 0.410. The molecule has 0 aliphatic heterocycles. The molecule has 0 spiro atoms. The van der Waals surface area contributed by atoms with Crippen LogP contribution in [0.5, 0.6) is 11.5 Å². The van der Waals surface area contributed by atoms with Gasteiger partial charge in [-0.05, 0) is 29.6 Å². The predicted molar refractivity (Wildman–Crippen MR) is 100 cm³/mol. The van der Waals surface area contributed by atoms with Crippen LogP contribution in [0.15, 0.2) is 40.7 Å². The average Bonchev–Trinajstić information content (AvgIpc) is 3.12. The van der Waals surface area contributed by atoms with E-state index in [9.17, 15) is 5.11 Å². The minimum absolute atomic E-state index is 0.0178. The molecule has 24 heavy (non-hydrogen) atoms. The summed E-state index contributed by atoms with van der Waals surface area (Å²) in [5.74, 6) is 1.64. The first-order chi connectivity index (χ1) is 11.5. The highest BCUT2D eigenvalue weighted by atomic mass is 32.1. The van der Waals surface area contributed by atoms with E-state index >= 15 is 0 Å². The Balaban J connectivity index is 1.94. The molecular weight excluding hydrogens is 322 g/mol. The summed E-state index contributed by atoms with van der Waals surface area (Å²) in [4.78, 5) is 5.57. The fourth-order valence-corrected chi connectivity index (χ4v) is 3.14. The molecular formula is C18H25N3O2S. The Bertz CT molecular complexity index is 682. The highest BCUT2D eigenvalue weighted by molar-refractivity contribution is 7.10. The Labute approximate surface area is 147 Å². The third kappa shape index (κ3) is 4.64. The molecule has 0 atom stereocenters. The molecule has 0 radical (unpaired) electrons. The van der Waals surface area contributed by atoms with Crippen molar-refractivity contribution in [3.05, 3.63) is 46.2 Å². The monoisotopic (exact) mass is 347 g/mol. The number of thiophene rings is 1. The first-order valence-corrected chi connectivity index (χ1v) is 8.68. The molecule has 2 rings (SSSR count). The van der Waals surface area contributed by atoms with Crippen molar-refractivity contribution in [2.45, 2.75) is 25.8 Å². The Hall–Kier alpha value is -2.21. The van der Waals surface area contributed by atoms with Gasteiger partial charge < -0.3 is 20.5 Å². The van der Waals surface area contributed by atoms with Crippen molar-refractivity contribution in [3.63, 3.8) is 0 Å². The summed E-state index contributed by atoms with van der Waals surface area (Å²) < 4.78 is 5.19. The highest BCUT2D eigenvalue weighted by Crippen LogP contribution is 2.26. The van der Waals surface area contributed by atoms with E-state index in [4.69, 9.17) is 4.74 Å². The number of ether oxygens (including phenoxy) is 1. The normalized spacial score (nSPS) is 12.1. The van der Waals surface area contributed by atoms with E-state index in [1.807, 2.05) is 6.07 Å². The molecule has 0 aliphatic rings. The Morgan fingerprint density at radius 2 is 2.08 bits per heavy atom.